The van der Waals surface area contributed by atoms with Gasteiger partial charge in [0.25, 0.3) is 0 Å². The van der Waals surface area contributed by atoms with E-state index in [1.807, 2.05) is 36.4 Å². The standard InChI is InChI=1S/C31H38N2O4/c1-6-27(32-33-30-19(3)20(30)4)23-9-8-10-25(17-23)37-24-13-11-22(12-14-24)18-36-29-16-15-26(28(34)7-2)31(35)21(29)5/h8-17,19-20,27,30,32-33,35H,6-7,18H2,1-5H3. The summed E-state index contributed by atoms with van der Waals surface area (Å²) in [7, 11) is 0. The first kappa shape index (κ1) is 26.7. The molecule has 0 aliphatic heterocycles. The van der Waals surface area contributed by atoms with Crippen molar-refractivity contribution in [3.8, 4) is 23.0 Å². The van der Waals surface area contributed by atoms with Gasteiger partial charge in [0.1, 0.15) is 29.6 Å². The Labute approximate surface area is 220 Å². The first-order chi connectivity index (χ1) is 17.8. The lowest BCUT2D eigenvalue weighted by Gasteiger charge is -2.19. The fourth-order valence-corrected chi connectivity index (χ4v) is 4.54. The first-order valence-corrected chi connectivity index (χ1v) is 13.2. The summed E-state index contributed by atoms with van der Waals surface area (Å²) in [5.41, 5.74) is 10.0. The van der Waals surface area contributed by atoms with Crippen molar-refractivity contribution in [3.05, 3.63) is 82.9 Å². The van der Waals surface area contributed by atoms with Gasteiger partial charge in [-0.25, -0.2) is 0 Å². The quantitative estimate of drug-likeness (QED) is 0.185. The van der Waals surface area contributed by atoms with E-state index in [2.05, 4.69) is 43.8 Å². The minimum atomic E-state index is -0.0889. The number of phenols is 1. The molecule has 0 radical (unpaired) electrons. The van der Waals surface area contributed by atoms with Crippen LogP contribution in [-0.2, 0) is 6.61 Å². The summed E-state index contributed by atoms with van der Waals surface area (Å²) in [5, 5.41) is 10.4. The zero-order valence-electron chi connectivity index (χ0n) is 22.4. The van der Waals surface area contributed by atoms with Crippen molar-refractivity contribution in [2.75, 3.05) is 0 Å². The summed E-state index contributed by atoms with van der Waals surface area (Å²) >= 11 is 0. The lowest BCUT2D eigenvalue weighted by Crippen LogP contribution is -2.38. The molecule has 0 saturated heterocycles. The Balaban J connectivity index is 1.34. The largest absolute Gasteiger partial charge is 0.507 e. The van der Waals surface area contributed by atoms with Crippen LogP contribution in [0.4, 0.5) is 0 Å². The molecule has 3 aromatic carbocycles. The van der Waals surface area contributed by atoms with E-state index in [0.29, 0.717) is 47.8 Å². The number of carbonyl (C=O) groups is 1. The van der Waals surface area contributed by atoms with E-state index >= 15 is 0 Å². The maximum absolute atomic E-state index is 12.0. The number of ether oxygens (including phenoxy) is 2. The third-order valence-electron chi connectivity index (χ3n) is 7.47. The molecule has 1 aliphatic rings. The van der Waals surface area contributed by atoms with E-state index < -0.39 is 0 Å². The van der Waals surface area contributed by atoms with Crippen molar-refractivity contribution in [1.29, 1.82) is 0 Å². The second-order valence-electron chi connectivity index (χ2n) is 9.96. The highest BCUT2D eigenvalue weighted by Gasteiger charge is 2.42. The zero-order chi connectivity index (χ0) is 26.5. The van der Waals surface area contributed by atoms with Crippen LogP contribution in [0.25, 0.3) is 0 Å². The van der Waals surface area contributed by atoms with E-state index in [1.54, 1.807) is 26.0 Å². The van der Waals surface area contributed by atoms with Gasteiger partial charge in [-0.2, -0.15) is 0 Å². The molecule has 3 atom stereocenters. The molecule has 196 valence electrons. The number of nitrogens with one attached hydrogen (secondary N) is 2. The molecule has 0 spiro atoms. The molecule has 1 saturated carbocycles. The lowest BCUT2D eigenvalue weighted by atomic mass is 10.0. The molecule has 0 aromatic heterocycles. The van der Waals surface area contributed by atoms with E-state index in [0.717, 1.165) is 23.5 Å². The van der Waals surface area contributed by atoms with Crippen LogP contribution in [0.2, 0.25) is 0 Å². The second kappa shape index (κ2) is 11.8. The molecule has 0 amide bonds. The monoisotopic (exact) mass is 502 g/mol. The Morgan fingerprint density at radius 1 is 1.00 bits per heavy atom. The van der Waals surface area contributed by atoms with Crippen LogP contribution in [0, 0.1) is 18.8 Å². The van der Waals surface area contributed by atoms with Crippen molar-refractivity contribution in [2.45, 2.75) is 66.2 Å². The van der Waals surface area contributed by atoms with Gasteiger partial charge in [-0.05, 0) is 72.7 Å². The number of carbonyl (C=O) groups excluding carboxylic acids is 1. The molecule has 37 heavy (non-hydrogen) atoms. The zero-order valence-corrected chi connectivity index (χ0v) is 22.4. The topological polar surface area (TPSA) is 79.8 Å². The first-order valence-electron chi connectivity index (χ1n) is 13.2. The van der Waals surface area contributed by atoms with Crippen molar-refractivity contribution >= 4 is 5.78 Å². The van der Waals surface area contributed by atoms with Gasteiger partial charge in [0.05, 0.1) is 5.56 Å². The second-order valence-corrected chi connectivity index (χ2v) is 9.96. The van der Waals surface area contributed by atoms with Crippen molar-refractivity contribution in [3.63, 3.8) is 0 Å². The van der Waals surface area contributed by atoms with E-state index in [1.165, 1.54) is 5.56 Å². The number of ketones is 1. The molecule has 3 N–H and O–H groups in total. The minimum Gasteiger partial charge on any atom is -0.507 e. The van der Waals surface area contributed by atoms with Crippen molar-refractivity contribution < 1.29 is 19.4 Å². The number of hydrogen-bond donors (Lipinski definition) is 3. The van der Waals surface area contributed by atoms with Crippen LogP contribution in [0.5, 0.6) is 23.0 Å². The van der Waals surface area contributed by atoms with E-state index in [4.69, 9.17) is 9.47 Å². The highest BCUT2D eigenvalue weighted by molar-refractivity contribution is 5.99. The number of benzene rings is 3. The van der Waals surface area contributed by atoms with E-state index in [-0.39, 0.29) is 17.6 Å². The smallest absolute Gasteiger partial charge is 0.166 e. The summed E-state index contributed by atoms with van der Waals surface area (Å²) in [6.07, 6.45) is 1.31. The highest BCUT2D eigenvalue weighted by Crippen LogP contribution is 2.37. The Kier molecular flexibility index (Phi) is 8.52. The number of Topliss-reactive ketones (excluding diaryl/α,β-unsaturated/α-hetero) is 1. The summed E-state index contributed by atoms with van der Waals surface area (Å²) in [6.45, 7) is 10.6. The molecular formula is C31H38N2O4. The lowest BCUT2D eigenvalue weighted by molar-refractivity contribution is 0.0985. The van der Waals surface area contributed by atoms with Crippen LogP contribution in [-0.4, -0.2) is 16.9 Å². The Bertz CT molecular complexity index is 1220. The van der Waals surface area contributed by atoms with Crippen molar-refractivity contribution in [1.82, 2.24) is 10.9 Å². The Morgan fingerprint density at radius 3 is 2.38 bits per heavy atom. The Hall–Kier alpha value is -3.35. The van der Waals surface area contributed by atoms with Gasteiger partial charge >= 0.3 is 0 Å². The molecule has 1 fully saturated rings. The predicted molar refractivity (Wildman–Crippen MR) is 146 cm³/mol. The third-order valence-corrected chi connectivity index (χ3v) is 7.47. The average Bonchev–Trinajstić information content (AvgIpc) is 3.49. The number of hydrazine groups is 1. The summed E-state index contributed by atoms with van der Waals surface area (Å²) in [5.74, 6) is 3.42. The third kappa shape index (κ3) is 6.32. The molecule has 0 bridgehead atoms. The fraction of sp³-hybridized carbons (Fsp3) is 0.387. The molecule has 1 aliphatic carbocycles. The molecule has 6 heteroatoms. The van der Waals surface area contributed by atoms with Crippen LogP contribution >= 0.6 is 0 Å². The highest BCUT2D eigenvalue weighted by atomic mass is 16.5. The van der Waals surface area contributed by atoms with E-state index in [9.17, 15) is 9.90 Å². The number of rotatable bonds is 12. The summed E-state index contributed by atoms with van der Waals surface area (Å²) in [4.78, 5) is 12.0. The Morgan fingerprint density at radius 2 is 1.73 bits per heavy atom. The van der Waals surface area contributed by atoms with Gasteiger partial charge in [0.2, 0.25) is 0 Å². The number of aromatic hydroxyl groups is 1. The maximum atomic E-state index is 12.0. The van der Waals surface area contributed by atoms with Crippen molar-refractivity contribution in [2.24, 2.45) is 11.8 Å². The molecular weight excluding hydrogens is 464 g/mol. The molecule has 0 heterocycles. The normalized spacial score (nSPS) is 19.3. The number of hydrogen-bond acceptors (Lipinski definition) is 6. The SMILES string of the molecule is CCC(=O)c1ccc(OCc2ccc(Oc3cccc(C(CC)NNC4C(C)C4C)c3)cc2)c(C)c1O. The van der Waals surface area contributed by atoms with Crippen LogP contribution in [0.15, 0.2) is 60.7 Å². The summed E-state index contributed by atoms with van der Waals surface area (Å²) in [6, 6.07) is 20.1. The fourth-order valence-electron chi connectivity index (χ4n) is 4.54. The summed E-state index contributed by atoms with van der Waals surface area (Å²) < 4.78 is 12.0. The molecule has 3 unspecified atom stereocenters. The van der Waals surface area contributed by atoms with Gasteiger partial charge in [-0.1, -0.05) is 52.0 Å². The maximum Gasteiger partial charge on any atom is 0.166 e. The molecule has 3 aromatic rings. The van der Waals surface area contributed by atoms with Crippen LogP contribution in [0.3, 0.4) is 0 Å². The average molecular weight is 503 g/mol. The van der Waals surface area contributed by atoms with Gasteiger partial charge in [0, 0.05) is 24.1 Å². The minimum absolute atomic E-state index is 0.0109. The predicted octanol–water partition coefficient (Wildman–Crippen LogP) is 6.86. The van der Waals surface area contributed by atoms with Crippen LogP contribution in [0.1, 0.15) is 73.6 Å². The van der Waals surface area contributed by atoms with Gasteiger partial charge in [-0.3, -0.25) is 15.6 Å². The van der Waals surface area contributed by atoms with Gasteiger partial charge in [-0.15, -0.1) is 0 Å². The van der Waals surface area contributed by atoms with Gasteiger partial charge in [0.15, 0.2) is 5.78 Å². The van der Waals surface area contributed by atoms with Gasteiger partial charge < -0.3 is 14.6 Å². The van der Waals surface area contributed by atoms with Crippen LogP contribution < -0.4 is 20.3 Å². The molecule has 6 nitrogen and oxygen atoms in total. The number of phenolic OH excluding ortho intramolecular Hbond substituents is 1. The molecule has 4 rings (SSSR count).